The Hall–Kier alpha value is -3.52. The number of aliphatic hydroxyl groups is 1. The fourth-order valence-corrected chi connectivity index (χ4v) is 3.80. The van der Waals surface area contributed by atoms with Crippen molar-refractivity contribution in [1.29, 1.82) is 0 Å². The zero-order valence-corrected chi connectivity index (χ0v) is 19.7. The van der Waals surface area contributed by atoms with Crippen molar-refractivity contribution in [2.24, 2.45) is 17.5 Å². The van der Waals surface area contributed by atoms with Crippen LogP contribution in [0.15, 0.2) is 66.0 Å². The molecule has 8 heteroatoms. The number of rotatable bonds is 2. The highest BCUT2D eigenvalue weighted by atomic mass is 16.2. The van der Waals surface area contributed by atoms with Gasteiger partial charge < -0.3 is 15.3 Å². The number of aliphatic hydroxyl groups excluding tert-OH is 1. The lowest BCUT2D eigenvalue weighted by atomic mass is 9.93. The lowest BCUT2D eigenvalue weighted by Crippen LogP contribution is -2.31. The number of nitrogens with zero attached hydrogens (tertiary/aromatic N) is 5. The average molecular weight is 449 g/mol. The van der Waals surface area contributed by atoms with Gasteiger partial charge in [0.15, 0.2) is 0 Å². The van der Waals surface area contributed by atoms with E-state index in [-0.39, 0.29) is 5.91 Å². The number of fused-ring (bicyclic) bond motifs is 1. The summed E-state index contributed by atoms with van der Waals surface area (Å²) < 4.78 is 1.75. The van der Waals surface area contributed by atoms with Gasteiger partial charge in [-0.05, 0) is 41.7 Å². The van der Waals surface area contributed by atoms with Gasteiger partial charge in [-0.25, -0.2) is 9.98 Å². The van der Waals surface area contributed by atoms with Gasteiger partial charge in [0.2, 0.25) is 0 Å². The highest BCUT2D eigenvalue weighted by Crippen LogP contribution is 2.31. The summed E-state index contributed by atoms with van der Waals surface area (Å²) in [4.78, 5) is 23.8. The number of aromatic nitrogens is 3. The maximum absolute atomic E-state index is 12.6. The Labute approximate surface area is 195 Å². The van der Waals surface area contributed by atoms with Crippen LogP contribution in [0.3, 0.4) is 0 Å². The fraction of sp³-hybridized carbons (Fsp3) is 0.360. The van der Waals surface area contributed by atoms with Crippen molar-refractivity contribution in [1.82, 2.24) is 20.1 Å². The monoisotopic (exact) mass is 448 g/mol. The molecule has 0 spiro atoms. The van der Waals surface area contributed by atoms with Crippen LogP contribution in [-0.4, -0.2) is 51.8 Å². The molecule has 0 saturated carbocycles. The van der Waals surface area contributed by atoms with Crippen molar-refractivity contribution in [2.45, 2.75) is 26.7 Å². The first-order chi connectivity index (χ1) is 15.9. The number of nitrogens with one attached hydrogen (secondary N) is 1. The summed E-state index contributed by atoms with van der Waals surface area (Å²) >= 11 is 0. The summed E-state index contributed by atoms with van der Waals surface area (Å²) in [5, 5.41) is 13.8. The van der Waals surface area contributed by atoms with E-state index < -0.39 is 0 Å². The molecule has 3 aromatic rings. The second-order valence-corrected chi connectivity index (χ2v) is 8.74. The van der Waals surface area contributed by atoms with Crippen LogP contribution in [-0.2, 0) is 13.5 Å². The number of pyridine rings is 1. The standard InChI is InChI=1S/C20H22N4O.C4H6N2.CH4O/c1-20(2)8-10-24(13-20)18-12-15(7-9-21-18)19(25)23-17-11-14-5-3-4-6-16(14)22-17;1-6-4-2-3-5-6;1-2/h3-7,9,12H,8,10-11,13H2,1-2H3,(H,22,23,25);2-4H,1H3;2H,1H3. The Morgan fingerprint density at radius 3 is 2.52 bits per heavy atom. The van der Waals surface area contributed by atoms with Crippen LogP contribution in [0.5, 0.6) is 0 Å². The van der Waals surface area contributed by atoms with Crippen molar-refractivity contribution in [3.8, 4) is 0 Å². The third kappa shape index (κ3) is 6.49. The molecule has 1 fully saturated rings. The molecule has 1 amide bonds. The van der Waals surface area contributed by atoms with E-state index in [9.17, 15) is 4.79 Å². The van der Waals surface area contributed by atoms with Gasteiger partial charge in [-0.15, -0.1) is 0 Å². The van der Waals surface area contributed by atoms with E-state index in [2.05, 4.69) is 39.1 Å². The van der Waals surface area contributed by atoms with Crippen LogP contribution in [0.25, 0.3) is 0 Å². The zero-order valence-electron chi connectivity index (χ0n) is 19.7. The van der Waals surface area contributed by atoms with Crippen LogP contribution in [0.4, 0.5) is 11.5 Å². The summed E-state index contributed by atoms with van der Waals surface area (Å²) in [6.45, 7) is 6.47. The Morgan fingerprint density at radius 1 is 1.12 bits per heavy atom. The van der Waals surface area contributed by atoms with Gasteiger partial charge in [-0.1, -0.05) is 32.0 Å². The summed E-state index contributed by atoms with van der Waals surface area (Å²) in [5.41, 5.74) is 3.00. The lowest BCUT2D eigenvalue weighted by molar-refractivity contribution is 0.0976. The van der Waals surface area contributed by atoms with Crippen molar-refractivity contribution in [3.63, 3.8) is 0 Å². The minimum atomic E-state index is -0.131. The number of aryl methyl sites for hydroxylation is 1. The predicted molar refractivity (Wildman–Crippen MR) is 131 cm³/mol. The first kappa shape index (κ1) is 24.1. The Morgan fingerprint density at radius 2 is 1.91 bits per heavy atom. The summed E-state index contributed by atoms with van der Waals surface area (Å²) in [6.07, 6.45) is 7.15. The van der Waals surface area contributed by atoms with Gasteiger partial charge in [0, 0.05) is 57.8 Å². The molecular weight excluding hydrogens is 416 g/mol. The minimum absolute atomic E-state index is 0.131. The molecule has 174 valence electrons. The molecule has 4 heterocycles. The molecule has 0 atom stereocenters. The van der Waals surface area contributed by atoms with Gasteiger partial charge in [-0.3, -0.25) is 9.48 Å². The van der Waals surface area contributed by atoms with E-state index in [4.69, 9.17) is 5.11 Å². The maximum Gasteiger partial charge on any atom is 0.256 e. The molecule has 2 aromatic heterocycles. The first-order valence-electron chi connectivity index (χ1n) is 11.0. The number of hydrogen-bond donors (Lipinski definition) is 2. The van der Waals surface area contributed by atoms with Gasteiger partial charge >= 0.3 is 0 Å². The molecule has 0 aliphatic carbocycles. The highest BCUT2D eigenvalue weighted by molar-refractivity contribution is 6.09. The average Bonchev–Trinajstić information content (AvgIpc) is 3.55. The quantitative estimate of drug-likeness (QED) is 0.627. The van der Waals surface area contributed by atoms with Gasteiger partial charge in [0.05, 0.1) is 5.69 Å². The number of aliphatic imine (C=N–C) groups is 1. The van der Waals surface area contributed by atoms with E-state index in [0.29, 0.717) is 23.2 Å². The van der Waals surface area contributed by atoms with E-state index in [1.807, 2.05) is 49.6 Å². The molecule has 5 rings (SSSR count). The number of carbonyl (C=O) groups is 1. The molecule has 33 heavy (non-hydrogen) atoms. The third-order valence-electron chi connectivity index (χ3n) is 5.51. The van der Waals surface area contributed by atoms with Crippen molar-refractivity contribution in [2.75, 3.05) is 25.1 Å². The zero-order chi connectivity index (χ0) is 23.8. The van der Waals surface area contributed by atoms with Crippen molar-refractivity contribution in [3.05, 3.63) is 72.2 Å². The molecule has 8 nitrogen and oxygen atoms in total. The van der Waals surface area contributed by atoms with Gasteiger partial charge in [0.1, 0.15) is 11.7 Å². The minimum Gasteiger partial charge on any atom is -0.400 e. The number of carbonyl (C=O) groups excluding carboxylic acids is 1. The normalized spacial score (nSPS) is 15.4. The van der Waals surface area contributed by atoms with Crippen molar-refractivity contribution < 1.29 is 9.90 Å². The number of hydrogen-bond acceptors (Lipinski definition) is 6. The fourth-order valence-electron chi connectivity index (χ4n) is 3.80. The SMILES string of the molecule is CC1(C)CCN(c2cc(C(=O)NC3=Nc4ccccc4C3)ccn2)C1.CO.Cn1cccn1. The molecule has 2 aliphatic heterocycles. The van der Waals surface area contributed by atoms with Crippen LogP contribution in [0, 0.1) is 5.41 Å². The Kier molecular flexibility index (Phi) is 7.95. The molecular formula is C25H32N6O2. The van der Waals surface area contributed by atoms with Gasteiger partial charge in [0.25, 0.3) is 5.91 Å². The Bertz CT molecular complexity index is 1090. The van der Waals surface area contributed by atoms with E-state index in [1.165, 1.54) is 0 Å². The summed E-state index contributed by atoms with van der Waals surface area (Å²) in [6, 6.07) is 13.5. The molecule has 1 aromatic carbocycles. The maximum atomic E-state index is 12.6. The van der Waals surface area contributed by atoms with Crippen LogP contribution in [0.2, 0.25) is 0 Å². The highest BCUT2D eigenvalue weighted by Gasteiger charge is 2.30. The van der Waals surface area contributed by atoms with Crippen LogP contribution >= 0.6 is 0 Å². The van der Waals surface area contributed by atoms with E-state index >= 15 is 0 Å². The van der Waals surface area contributed by atoms with Gasteiger partial charge in [-0.2, -0.15) is 5.10 Å². The topological polar surface area (TPSA) is 95.6 Å². The molecule has 1 saturated heterocycles. The van der Waals surface area contributed by atoms with Crippen LogP contribution in [0.1, 0.15) is 36.2 Å². The summed E-state index contributed by atoms with van der Waals surface area (Å²) in [5.74, 6) is 1.44. The Balaban J connectivity index is 0.000000329. The molecule has 0 unspecified atom stereocenters. The second kappa shape index (κ2) is 10.9. The lowest BCUT2D eigenvalue weighted by Gasteiger charge is -2.21. The smallest absolute Gasteiger partial charge is 0.256 e. The molecule has 0 bridgehead atoms. The number of amidine groups is 1. The molecule has 2 N–H and O–H groups in total. The second-order valence-electron chi connectivity index (χ2n) is 8.74. The summed E-state index contributed by atoms with van der Waals surface area (Å²) in [7, 11) is 2.89. The van der Waals surface area contributed by atoms with Crippen LogP contribution < -0.4 is 10.2 Å². The number of amides is 1. The molecule has 2 aliphatic rings. The number of para-hydroxylation sites is 1. The van der Waals surface area contributed by atoms with E-state index in [1.54, 1.807) is 23.1 Å². The number of benzene rings is 1. The molecule has 0 radical (unpaired) electrons. The largest absolute Gasteiger partial charge is 0.400 e. The van der Waals surface area contributed by atoms with E-state index in [0.717, 1.165) is 43.7 Å². The van der Waals surface area contributed by atoms with Crippen molar-refractivity contribution >= 4 is 23.2 Å². The first-order valence-corrected chi connectivity index (χ1v) is 11.0. The number of anilines is 1. The predicted octanol–water partition coefficient (Wildman–Crippen LogP) is 3.36. The third-order valence-corrected chi connectivity index (χ3v) is 5.51.